The molecule has 4 nitrogen and oxygen atoms in total. The molecule has 1 aliphatic carbocycles. The molecule has 0 atom stereocenters. The molecule has 2 N–H and O–H groups in total. The van der Waals surface area contributed by atoms with Gasteiger partial charge in [-0.05, 0) is 44.5 Å². The van der Waals surface area contributed by atoms with E-state index in [0.717, 1.165) is 30.4 Å². The lowest BCUT2D eigenvalue weighted by atomic mass is 10.2. The van der Waals surface area contributed by atoms with Crippen molar-refractivity contribution in [3.8, 4) is 0 Å². The highest BCUT2D eigenvalue weighted by atomic mass is 35.5. The third-order valence-electron chi connectivity index (χ3n) is 3.57. The molecule has 1 aromatic carbocycles. The van der Waals surface area contributed by atoms with Gasteiger partial charge in [0, 0.05) is 29.8 Å². The summed E-state index contributed by atoms with van der Waals surface area (Å²) in [7, 11) is 2.13. The number of benzene rings is 1. The first-order valence-electron chi connectivity index (χ1n) is 7.03. The fourth-order valence-corrected chi connectivity index (χ4v) is 2.25. The van der Waals surface area contributed by atoms with Gasteiger partial charge in [-0.25, -0.2) is 0 Å². The number of likely N-dealkylation sites (N-methyl/N-ethyl adjacent to an activating group) is 1. The van der Waals surface area contributed by atoms with Crippen molar-refractivity contribution in [3.05, 3.63) is 28.8 Å². The Morgan fingerprint density at radius 3 is 2.90 bits per heavy atom. The van der Waals surface area contributed by atoms with E-state index in [-0.39, 0.29) is 5.91 Å². The van der Waals surface area contributed by atoms with Gasteiger partial charge in [0.15, 0.2) is 0 Å². The van der Waals surface area contributed by atoms with Crippen LogP contribution in [0.2, 0.25) is 5.02 Å². The van der Waals surface area contributed by atoms with Crippen LogP contribution in [0.15, 0.2) is 18.2 Å². The molecule has 1 amide bonds. The molecule has 1 fully saturated rings. The number of hydrogen-bond donors (Lipinski definition) is 2. The molecule has 1 saturated carbocycles. The molecular formula is C15H22ClN3O. The molecule has 0 saturated heterocycles. The highest BCUT2D eigenvalue weighted by Gasteiger charge is 2.25. The maximum absolute atomic E-state index is 11.8. The summed E-state index contributed by atoms with van der Waals surface area (Å²) in [6.45, 7) is 4.08. The average molecular weight is 296 g/mol. The lowest BCUT2D eigenvalue weighted by Gasteiger charge is -2.15. The van der Waals surface area contributed by atoms with E-state index in [2.05, 4.69) is 22.6 Å². The van der Waals surface area contributed by atoms with Gasteiger partial charge in [0.2, 0.25) is 5.91 Å². The van der Waals surface area contributed by atoms with E-state index in [1.165, 1.54) is 12.8 Å². The minimum absolute atomic E-state index is 0.0376. The summed E-state index contributed by atoms with van der Waals surface area (Å²) in [4.78, 5) is 14.2. The minimum atomic E-state index is -0.0376. The van der Waals surface area contributed by atoms with Crippen LogP contribution in [0.4, 0.5) is 5.69 Å². The average Bonchev–Trinajstić information content (AvgIpc) is 3.23. The number of carbonyl (C=O) groups is 1. The molecule has 20 heavy (non-hydrogen) atoms. The van der Waals surface area contributed by atoms with E-state index in [1.807, 2.05) is 19.1 Å². The fraction of sp³-hybridized carbons (Fsp3) is 0.533. The van der Waals surface area contributed by atoms with Gasteiger partial charge in [0.05, 0.1) is 6.54 Å². The van der Waals surface area contributed by atoms with Crippen LogP contribution < -0.4 is 10.6 Å². The number of carbonyl (C=O) groups excluding carboxylic acids is 1. The van der Waals surface area contributed by atoms with Gasteiger partial charge in [-0.3, -0.25) is 4.79 Å². The Labute approximate surface area is 125 Å². The predicted octanol–water partition coefficient (Wildman–Crippen LogP) is 2.27. The van der Waals surface area contributed by atoms with Crippen LogP contribution in [0.3, 0.4) is 0 Å². The van der Waals surface area contributed by atoms with Crippen molar-refractivity contribution in [1.29, 1.82) is 0 Å². The summed E-state index contributed by atoms with van der Waals surface area (Å²) >= 11 is 5.92. The number of anilines is 1. The van der Waals surface area contributed by atoms with Gasteiger partial charge in [0.1, 0.15) is 0 Å². The Kier molecular flexibility index (Phi) is 5.40. The third-order valence-corrected chi connectivity index (χ3v) is 3.81. The maximum atomic E-state index is 11.8. The monoisotopic (exact) mass is 295 g/mol. The van der Waals surface area contributed by atoms with Crippen LogP contribution in [0, 0.1) is 6.92 Å². The van der Waals surface area contributed by atoms with Gasteiger partial charge < -0.3 is 15.5 Å². The lowest BCUT2D eigenvalue weighted by Crippen LogP contribution is -2.35. The first kappa shape index (κ1) is 15.3. The number of aryl methyl sites for hydroxylation is 1. The Morgan fingerprint density at radius 2 is 2.20 bits per heavy atom. The van der Waals surface area contributed by atoms with Crippen molar-refractivity contribution in [2.24, 2.45) is 0 Å². The summed E-state index contributed by atoms with van der Waals surface area (Å²) < 4.78 is 0. The minimum Gasteiger partial charge on any atom is -0.325 e. The second-order valence-electron chi connectivity index (χ2n) is 5.40. The van der Waals surface area contributed by atoms with E-state index in [1.54, 1.807) is 6.07 Å². The van der Waals surface area contributed by atoms with E-state index < -0.39 is 0 Å². The lowest BCUT2D eigenvalue weighted by molar-refractivity contribution is -0.115. The molecular weight excluding hydrogens is 274 g/mol. The molecule has 0 unspecified atom stereocenters. The number of amides is 1. The summed E-state index contributed by atoms with van der Waals surface area (Å²) in [6, 6.07) is 6.25. The Hall–Kier alpha value is -1.10. The molecule has 0 bridgehead atoms. The Morgan fingerprint density at radius 1 is 1.45 bits per heavy atom. The highest BCUT2D eigenvalue weighted by Crippen LogP contribution is 2.24. The molecule has 110 valence electrons. The smallest absolute Gasteiger partial charge is 0.238 e. The number of halogens is 1. The maximum Gasteiger partial charge on any atom is 0.238 e. The van der Waals surface area contributed by atoms with Crippen LogP contribution in [0.1, 0.15) is 18.4 Å². The first-order chi connectivity index (χ1) is 9.56. The van der Waals surface area contributed by atoms with Crippen molar-refractivity contribution in [3.63, 3.8) is 0 Å². The van der Waals surface area contributed by atoms with E-state index in [9.17, 15) is 4.79 Å². The molecule has 0 aromatic heterocycles. The molecule has 1 aliphatic rings. The number of nitrogens with zero attached hydrogens (tertiary/aromatic N) is 1. The second-order valence-corrected chi connectivity index (χ2v) is 5.83. The highest BCUT2D eigenvalue weighted by molar-refractivity contribution is 6.31. The zero-order valence-electron chi connectivity index (χ0n) is 12.1. The molecule has 5 heteroatoms. The van der Waals surface area contributed by atoms with Crippen molar-refractivity contribution in [2.75, 3.05) is 32.0 Å². The van der Waals surface area contributed by atoms with Crippen LogP contribution >= 0.6 is 11.6 Å². The summed E-state index contributed by atoms with van der Waals surface area (Å²) in [5.74, 6) is -0.0376. The zero-order chi connectivity index (χ0) is 14.5. The topological polar surface area (TPSA) is 44.4 Å². The summed E-state index contributed by atoms with van der Waals surface area (Å²) in [5, 5.41) is 6.67. The summed E-state index contributed by atoms with van der Waals surface area (Å²) in [5.41, 5.74) is 1.79. The molecule has 0 radical (unpaired) electrons. The number of nitrogens with one attached hydrogen (secondary N) is 2. The largest absolute Gasteiger partial charge is 0.325 e. The van der Waals surface area contributed by atoms with Gasteiger partial charge in [0.25, 0.3) is 0 Å². The Bertz CT molecular complexity index is 474. The first-order valence-corrected chi connectivity index (χ1v) is 7.41. The van der Waals surface area contributed by atoms with Gasteiger partial charge in [-0.1, -0.05) is 17.7 Å². The molecule has 0 aliphatic heterocycles. The van der Waals surface area contributed by atoms with Gasteiger partial charge in [-0.15, -0.1) is 0 Å². The molecule has 2 rings (SSSR count). The van der Waals surface area contributed by atoms with E-state index >= 15 is 0 Å². The number of rotatable bonds is 7. The normalized spacial score (nSPS) is 14.6. The van der Waals surface area contributed by atoms with Crippen molar-refractivity contribution < 1.29 is 4.79 Å². The van der Waals surface area contributed by atoms with Gasteiger partial charge >= 0.3 is 0 Å². The van der Waals surface area contributed by atoms with Gasteiger partial charge in [-0.2, -0.15) is 0 Å². The van der Waals surface area contributed by atoms with E-state index in [0.29, 0.717) is 11.6 Å². The van der Waals surface area contributed by atoms with Crippen molar-refractivity contribution >= 4 is 23.2 Å². The number of hydrogen-bond acceptors (Lipinski definition) is 3. The van der Waals surface area contributed by atoms with Crippen LogP contribution in [0.25, 0.3) is 0 Å². The quantitative estimate of drug-likeness (QED) is 0.759. The summed E-state index contributed by atoms with van der Waals surface area (Å²) in [6.07, 6.45) is 2.62. The zero-order valence-corrected chi connectivity index (χ0v) is 12.8. The van der Waals surface area contributed by atoms with Crippen LogP contribution in [-0.2, 0) is 4.79 Å². The second kappa shape index (κ2) is 7.07. The predicted molar refractivity (Wildman–Crippen MR) is 83.3 cm³/mol. The van der Waals surface area contributed by atoms with E-state index in [4.69, 9.17) is 11.6 Å². The van der Waals surface area contributed by atoms with Crippen LogP contribution in [0.5, 0.6) is 0 Å². The third kappa shape index (κ3) is 4.78. The molecule has 0 heterocycles. The SMILES string of the molecule is Cc1ccc(Cl)cc1NC(=O)CNCCN(C)C1CC1. The molecule has 1 aromatic rings. The standard InChI is InChI=1S/C15H22ClN3O/c1-11-3-4-12(16)9-14(11)18-15(20)10-17-7-8-19(2)13-5-6-13/h3-4,9,13,17H,5-8,10H2,1-2H3,(H,18,20). The Balaban J connectivity index is 1.68. The van der Waals surface area contributed by atoms with Crippen molar-refractivity contribution in [1.82, 2.24) is 10.2 Å². The van der Waals surface area contributed by atoms with Crippen molar-refractivity contribution in [2.45, 2.75) is 25.8 Å². The molecule has 0 spiro atoms. The van der Waals surface area contributed by atoms with Crippen LogP contribution in [-0.4, -0.2) is 43.5 Å². The fourth-order valence-electron chi connectivity index (χ4n) is 2.08.